The Morgan fingerprint density at radius 1 is 1.25 bits per heavy atom. The molecule has 3 rings (SSSR count). The van der Waals surface area contributed by atoms with Crippen LogP contribution >= 0.6 is 0 Å². The summed E-state index contributed by atoms with van der Waals surface area (Å²) in [5.41, 5.74) is 0.644. The molecule has 2 heterocycles. The van der Waals surface area contributed by atoms with Crippen LogP contribution in [0.3, 0.4) is 0 Å². The van der Waals surface area contributed by atoms with Crippen LogP contribution in [0, 0.1) is 12.7 Å². The van der Waals surface area contributed by atoms with Crippen LogP contribution in [0.2, 0.25) is 0 Å². The summed E-state index contributed by atoms with van der Waals surface area (Å²) in [5.74, 6) is -1.61. The van der Waals surface area contributed by atoms with Crippen molar-refractivity contribution < 1.29 is 27.2 Å². The number of aromatic amines is 1. The SMILES string of the molecule is CCN(Cc1[nH]nc(C(=O)N2CCC(c3cc(F)ccc3C(F)(F)F)CC2)c1C)C(C)=O. The molecule has 1 aromatic carbocycles. The minimum absolute atomic E-state index is 0.0632. The molecule has 0 atom stereocenters. The number of piperidine rings is 1. The third-order valence-corrected chi connectivity index (χ3v) is 6.03. The molecule has 10 heteroatoms. The van der Waals surface area contributed by atoms with Crippen LogP contribution < -0.4 is 0 Å². The fourth-order valence-corrected chi connectivity index (χ4v) is 4.11. The zero-order chi connectivity index (χ0) is 23.6. The number of aromatic nitrogens is 2. The molecule has 32 heavy (non-hydrogen) atoms. The molecule has 1 N–H and O–H groups in total. The highest BCUT2D eigenvalue weighted by atomic mass is 19.4. The lowest BCUT2D eigenvalue weighted by atomic mass is 9.86. The number of hydrogen-bond acceptors (Lipinski definition) is 3. The van der Waals surface area contributed by atoms with Crippen LogP contribution in [-0.4, -0.2) is 51.4 Å². The van der Waals surface area contributed by atoms with E-state index in [1.807, 2.05) is 6.92 Å². The first-order valence-corrected chi connectivity index (χ1v) is 10.5. The fourth-order valence-electron chi connectivity index (χ4n) is 4.11. The Morgan fingerprint density at radius 3 is 2.47 bits per heavy atom. The van der Waals surface area contributed by atoms with Crippen molar-refractivity contribution in [1.29, 1.82) is 0 Å². The van der Waals surface area contributed by atoms with Gasteiger partial charge in [-0.3, -0.25) is 14.7 Å². The number of amides is 2. The first-order valence-electron chi connectivity index (χ1n) is 10.5. The second-order valence-corrected chi connectivity index (χ2v) is 8.00. The number of alkyl halides is 3. The Labute approximate surface area is 183 Å². The standard InChI is InChI=1S/C22H26F4N4O2/c1-4-29(14(3)31)12-19-13(2)20(28-27-19)21(32)30-9-7-15(8-10-30)17-11-16(23)5-6-18(17)22(24,25)26/h5-6,11,15H,4,7-10,12H2,1-3H3,(H,27,28). The Hall–Kier alpha value is -2.91. The fraction of sp³-hybridized carbons (Fsp3) is 0.500. The van der Waals surface area contributed by atoms with Gasteiger partial charge in [0, 0.05) is 32.1 Å². The Bertz CT molecular complexity index is 994. The van der Waals surface area contributed by atoms with Crippen LogP contribution in [0.5, 0.6) is 0 Å². The predicted molar refractivity (Wildman–Crippen MR) is 109 cm³/mol. The topological polar surface area (TPSA) is 69.3 Å². The van der Waals surface area contributed by atoms with Crippen LogP contribution in [0.15, 0.2) is 18.2 Å². The lowest BCUT2D eigenvalue weighted by Gasteiger charge is -2.33. The normalized spacial score (nSPS) is 15.2. The first-order chi connectivity index (χ1) is 15.0. The van der Waals surface area contributed by atoms with E-state index in [1.165, 1.54) is 6.92 Å². The number of nitrogens with zero attached hydrogens (tertiary/aromatic N) is 3. The van der Waals surface area contributed by atoms with Gasteiger partial charge in [-0.15, -0.1) is 0 Å². The molecule has 0 aliphatic carbocycles. The highest BCUT2D eigenvalue weighted by molar-refractivity contribution is 5.94. The number of hydrogen-bond donors (Lipinski definition) is 1. The van der Waals surface area contributed by atoms with Crippen molar-refractivity contribution in [1.82, 2.24) is 20.0 Å². The molecule has 0 unspecified atom stereocenters. The molecule has 6 nitrogen and oxygen atoms in total. The van der Waals surface area contributed by atoms with Gasteiger partial charge < -0.3 is 9.80 Å². The first kappa shape index (κ1) is 23.7. The monoisotopic (exact) mass is 454 g/mol. The van der Waals surface area contributed by atoms with Gasteiger partial charge in [0.1, 0.15) is 5.82 Å². The van der Waals surface area contributed by atoms with Gasteiger partial charge in [-0.25, -0.2) is 4.39 Å². The smallest absolute Gasteiger partial charge is 0.337 e. The number of likely N-dealkylation sites (tertiary alicyclic amines) is 1. The van der Waals surface area contributed by atoms with E-state index >= 15 is 0 Å². The largest absolute Gasteiger partial charge is 0.416 e. The Kier molecular flexibility index (Phi) is 6.90. The molecule has 174 valence electrons. The third-order valence-electron chi connectivity index (χ3n) is 6.03. The van der Waals surface area contributed by atoms with Gasteiger partial charge >= 0.3 is 6.18 Å². The molecule has 0 bridgehead atoms. The number of benzene rings is 1. The van der Waals surface area contributed by atoms with Crippen LogP contribution in [0.4, 0.5) is 17.6 Å². The second-order valence-electron chi connectivity index (χ2n) is 8.00. The molecule has 2 amide bonds. The van der Waals surface area contributed by atoms with Gasteiger partial charge in [-0.1, -0.05) is 0 Å². The number of halogens is 4. The summed E-state index contributed by atoms with van der Waals surface area (Å²) in [7, 11) is 0. The molecule has 1 aliphatic rings. The second kappa shape index (κ2) is 9.30. The average molecular weight is 454 g/mol. The van der Waals surface area contributed by atoms with E-state index in [2.05, 4.69) is 10.2 Å². The van der Waals surface area contributed by atoms with E-state index in [0.29, 0.717) is 37.2 Å². The summed E-state index contributed by atoms with van der Waals surface area (Å²) in [6.45, 7) is 6.38. The molecule has 2 aromatic rings. The maximum absolute atomic E-state index is 13.7. The van der Waals surface area contributed by atoms with Crippen molar-refractivity contribution in [2.24, 2.45) is 0 Å². The lowest BCUT2D eigenvalue weighted by molar-refractivity contribution is -0.138. The van der Waals surface area contributed by atoms with Crippen molar-refractivity contribution in [2.75, 3.05) is 19.6 Å². The van der Waals surface area contributed by atoms with E-state index in [9.17, 15) is 27.2 Å². The summed E-state index contributed by atoms with van der Waals surface area (Å²) in [6, 6.07) is 2.54. The van der Waals surface area contributed by atoms with Crippen LogP contribution in [-0.2, 0) is 17.5 Å². The third kappa shape index (κ3) is 4.94. The van der Waals surface area contributed by atoms with E-state index in [0.717, 1.165) is 18.2 Å². The number of carbonyl (C=O) groups is 2. The predicted octanol–water partition coefficient (Wildman–Crippen LogP) is 4.26. The van der Waals surface area contributed by atoms with Gasteiger partial charge in [-0.05, 0) is 56.4 Å². The molecule has 0 radical (unpaired) electrons. The van der Waals surface area contributed by atoms with Crippen molar-refractivity contribution >= 4 is 11.8 Å². The van der Waals surface area contributed by atoms with Crippen molar-refractivity contribution in [3.8, 4) is 0 Å². The number of H-pyrrole nitrogens is 1. The average Bonchev–Trinajstić information content (AvgIpc) is 3.10. The van der Waals surface area contributed by atoms with E-state index < -0.39 is 23.5 Å². The maximum atomic E-state index is 13.7. The van der Waals surface area contributed by atoms with E-state index in [1.54, 1.807) is 16.7 Å². The summed E-state index contributed by atoms with van der Waals surface area (Å²) < 4.78 is 53.7. The van der Waals surface area contributed by atoms with Gasteiger partial charge in [-0.2, -0.15) is 18.3 Å². The molecule has 1 aromatic heterocycles. The van der Waals surface area contributed by atoms with Crippen molar-refractivity contribution in [3.05, 3.63) is 52.1 Å². The van der Waals surface area contributed by atoms with Crippen molar-refractivity contribution in [3.63, 3.8) is 0 Å². The van der Waals surface area contributed by atoms with Crippen LogP contribution in [0.1, 0.15) is 65.5 Å². The number of rotatable bonds is 5. The molecule has 1 fully saturated rings. The summed E-state index contributed by atoms with van der Waals surface area (Å²) in [5, 5.41) is 6.94. The van der Waals surface area contributed by atoms with Gasteiger partial charge in [0.15, 0.2) is 5.69 Å². The molecular weight excluding hydrogens is 428 g/mol. The highest BCUT2D eigenvalue weighted by Gasteiger charge is 2.37. The minimum Gasteiger partial charge on any atom is -0.337 e. The van der Waals surface area contributed by atoms with Crippen LogP contribution in [0.25, 0.3) is 0 Å². The summed E-state index contributed by atoms with van der Waals surface area (Å²) in [6.07, 6.45) is -3.98. The minimum atomic E-state index is -4.56. The zero-order valence-electron chi connectivity index (χ0n) is 18.2. The van der Waals surface area contributed by atoms with Gasteiger partial charge in [0.05, 0.1) is 17.8 Å². The van der Waals surface area contributed by atoms with Gasteiger partial charge in [0.25, 0.3) is 5.91 Å². The Morgan fingerprint density at radius 2 is 1.91 bits per heavy atom. The summed E-state index contributed by atoms with van der Waals surface area (Å²) in [4.78, 5) is 27.8. The number of nitrogens with one attached hydrogen (secondary N) is 1. The molecular formula is C22H26F4N4O2. The molecule has 0 saturated carbocycles. The quantitative estimate of drug-likeness (QED) is 0.687. The van der Waals surface area contributed by atoms with E-state index in [4.69, 9.17) is 0 Å². The van der Waals surface area contributed by atoms with Gasteiger partial charge in [0.2, 0.25) is 5.91 Å². The molecule has 1 aliphatic heterocycles. The zero-order valence-corrected chi connectivity index (χ0v) is 18.2. The maximum Gasteiger partial charge on any atom is 0.416 e. The number of carbonyl (C=O) groups excluding carboxylic acids is 2. The molecule has 0 spiro atoms. The lowest BCUT2D eigenvalue weighted by Crippen LogP contribution is -2.38. The highest BCUT2D eigenvalue weighted by Crippen LogP contribution is 2.39. The van der Waals surface area contributed by atoms with Crippen molar-refractivity contribution in [2.45, 2.75) is 52.3 Å². The molecule has 1 saturated heterocycles. The van der Waals surface area contributed by atoms with E-state index in [-0.39, 0.29) is 36.2 Å². The summed E-state index contributed by atoms with van der Waals surface area (Å²) >= 11 is 0. The Balaban J connectivity index is 1.71.